The molecule has 0 aliphatic carbocycles. The second-order valence-electron chi connectivity index (χ2n) is 3.48. The number of nitrogens with one attached hydrogen (secondary N) is 1. The van der Waals surface area contributed by atoms with Gasteiger partial charge in [0.25, 0.3) is 0 Å². The summed E-state index contributed by atoms with van der Waals surface area (Å²) in [7, 11) is 3.17. The maximum Gasteiger partial charge on any atom is 0.244 e. The molecular formula is C14H17NO3. The lowest BCUT2D eigenvalue weighted by molar-refractivity contribution is -0.116. The van der Waals surface area contributed by atoms with Crippen molar-refractivity contribution in [1.82, 2.24) is 5.32 Å². The van der Waals surface area contributed by atoms with Gasteiger partial charge in [-0.2, -0.15) is 0 Å². The largest absolute Gasteiger partial charge is 0.497 e. The van der Waals surface area contributed by atoms with Crippen molar-refractivity contribution in [1.29, 1.82) is 0 Å². The molecule has 0 saturated carbocycles. The molecule has 0 spiro atoms. The minimum absolute atomic E-state index is 0.181. The van der Waals surface area contributed by atoms with Crippen molar-refractivity contribution in [2.75, 3.05) is 20.8 Å². The van der Waals surface area contributed by atoms with Crippen LogP contribution in [0, 0.1) is 0 Å². The third-order valence-electron chi connectivity index (χ3n) is 2.27. The quantitative estimate of drug-likeness (QED) is 0.618. The van der Waals surface area contributed by atoms with Crippen molar-refractivity contribution in [2.45, 2.75) is 0 Å². The molecule has 96 valence electrons. The highest BCUT2D eigenvalue weighted by molar-refractivity contribution is 5.92. The number of carbonyl (C=O) groups is 1. The average Bonchev–Trinajstić information content (AvgIpc) is 2.42. The van der Waals surface area contributed by atoms with Gasteiger partial charge in [-0.3, -0.25) is 4.79 Å². The first kappa shape index (κ1) is 13.8. The Hall–Kier alpha value is -2.23. The van der Waals surface area contributed by atoms with E-state index >= 15 is 0 Å². The Morgan fingerprint density at radius 3 is 2.78 bits per heavy atom. The lowest BCUT2D eigenvalue weighted by Gasteiger charge is -2.07. The Balaban J connectivity index is 2.84. The van der Waals surface area contributed by atoms with Crippen LogP contribution in [0.5, 0.6) is 11.5 Å². The zero-order chi connectivity index (χ0) is 13.4. The van der Waals surface area contributed by atoms with E-state index in [1.165, 1.54) is 6.08 Å². The van der Waals surface area contributed by atoms with Gasteiger partial charge in [0.05, 0.1) is 14.2 Å². The van der Waals surface area contributed by atoms with Gasteiger partial charge in [-0.15, -0.1) is 6.58 Å². The lowest BCUT2D eigenvalue weighted by atomic mass is 10.1. The van der Waals surface area contributed by atoms with Gasteiger partial charge in [0.1, 0.15) is 11.5 Å². The minimum atomic E-state index is -0.181. The van der Waals surface area contributed by atoms with Crippen molar-refractivity contribution in [3.63, 3.8) is 0 Å². The molecule has 0 saturated heterocycles. The Morgan fingerprint density at radius 1 is 1.39 bits per heavy atom. The zero-order valence-electron chi connectivity index (χ0n) is 10.6. The summed E-state index contributed by atoms with van der Waals surface area (Å²) in [5.74, 6) is 1.21. The number of rotatable bonds is 6. The predicted octanol–water partition coefficient (Wildman–Crippen LogP) is 2.02. The van der Waals surface area contributed by atoms with Gasteiger partial charge in [-0.05, 0) is 24.3 Å². The Morgan fingerprint density at radius 2 is 2.17 bits per heavy atom. The van der Waals surface area contributed by atoms with Crippen LogP contribution in [0.3, 0.4) is 0 Å². The summed E-state index contributed by atoms with van der Waals surface area (Å²) in [6.07, 6.45) is 4.75. The highest BCUT2D eigenvalue weighted by Crippen LogP contribution is 2.24. The number of hydrogen-bond acceptors (Lipinski definition) is 3. The molecule has 4 nitrogen and oxygen atoms in total. The first-order valence-corrected chi connectivity index (χ1v) is 5.50. The number of hydrogen-bond donors (Lipinski definition) is 1. The van der Waals surface area contributed by atoms with E-state index in [-0.39, 0.29) is 5.91 Å². The molecule has 18 heavy (non-hydrogen) atoms. The van der Waals surface area contributed by atoms with Crippen LogP contribution in [-0.2, 0) is 4.79 Å². The number of ether oxygens (including phenoxy) is 2. The summed E-state index contributed by atoms with van der Waals surface area (Å²) in [4.78, 5) is 11.4. The van der Waals surface area contributed by atoms with Crippen LogP contribution in [0.1, 0.15) is 5.56 Å². The number of methoxy groups -OCH3 is 2. The summed E-state index contributed by atoms with van der Waals surface area (Å²) < 4.78 is 10.3. The van der Waals surface area contributed by atoms with Crippen molar-refractivity contribution in [3.05, 3.63) is 42.5 Å². The van der Waals surface area contributed by atoms with Crippen molar-refractivity contribution in [3.8, 4) is 11.5 Å². The molecule has 0 fully saturated rings. The monoisotopic (exact) mass is 247 g/mol. The standard InChI is InChI=1S/C14H17NO3/c1-4-9-15-14(16)8-5-11-10-12(17-2)6-7-13(11)18-3/h4-8,10H,1,9H2,2-3H3,(H,15,16). The van der Waals surface area contributed by atoms with E-state index in [9.17, 15) is 4.79 Å². The third-order valence-corrected chi connectivity index (χ3v) is 2.27. The molecule has 0 aliphatic heterocycles. The minimum Gasteiger partial charge on any atom is -0.497 e. The molecule has 1 rings (SSSR count). The number of amides is 1. The van der Waals surface area contributed by atoms with Crippen molar-refractivity contribution < 1.29 is 14.3 Å². The molecular weight excluding hydrogens is 230 g/mol. The fourth-order valence-corrected chi connectivity index (χ4v) is 1.37. The Bertz CT molecular complexity index is 452. The maximum atomic E-state index is 11.4. The highest BCUT2D eigenvalue weighted by atomic mass is 16.5. The van der Waals surface area contributed by atoms with Crippen molar-refractivity contribution in [2.24, 2.45) is 0 Å². The second-order valence-corrected chi connectivity index (χ2v) is 3.48. The zero-order valence-corrected chi connectivity index (χ0v) is 10.6. The summed E-state index contributed by atoms with van der Waals surface area (Å²) >= 11 is 0. The van der Waals surface area contributed by atoms with Crippen molar-refractivity contribution >= 4 is 12.0 Å². The summed E-state index contributed by atoms with van der Waals surface area (Å²) in [5, 5.41) is 2.65. The van der Waals surface area contributed by atoms with E-state index in [1.807, 2.05) is 0 Å². The van der Waals surface area contributed by atoms with E-state index in [4.69, 9.17) is 9.47 Å². The number of benzene rings is 1. The van der Waals surface area contributed by atoms with Crippen LogP contribution >= 0.6 is 0 Å². The summed E-state index contributed by atoms with van der Waals surface area (Å²) in [6.45, 7) is 3.97. The average molecular weight is 247 g/mol. The fraction of sp³-hybridized carbons (Fsp3) is 0.214. The van der Waals surface area contributed by atoms with Gasteiger partial charge in [-0.25, -0.2) is 0 Å². The SMILES string of the molecule is C=CCNC(=O)C=Cc1cc(OC)ccc1OC. The van der Waals surface area contributed by atoms with E-state index in [0.717, 1.165) is 5.56 Å². The Labute approximate surface area is 107 Å². The van der Waals surface area contributed by atoms with Gasteiger partial charge < -0.3 is 14.8 Å². The molecule has 0 radical (unpaired) electrons. The molecule has 0 aliphatic rings. The van der Waals surface area contributed by atoms with E-state index < -0.39 is 0 Å². The van der Waals surface area contributed by atoms with Gasteiger partial charge in [0, 0.05) is 18.2 Å². The molecule has 4 heteroatoms. The predicted molar refractivity (Wildman–Crippen MR) is 71.8 cm³/mol. The van der Waals surface area contributed by atoms with E-state index in [0.29, 0.717) is 18.0 Å². The molecule has 1 N–H and O–H groups in total. The fourth-order valence-electron chi connectivity index (χ4n) is 1.37. The smallest absolute Gasteiger partial charge is 0.244 e. The van der Waals surface area contributed by atoms with E-state index in [2.05, 4.69) is 11.9 Å². The molecule has 0 heterocycles. The van der Waals surface area contributed by atoms with Gasteiger partial charge in [0.2, 0.25) is 5.91 Å². The lowest BCUT2D eigenvalue weighted by Crippen LogP contribution is -2.20. The van der Waals surface area contributed by atoms with Crippen LogP contribution in [0.25, 0.3) is 6.08 Å². The molecule has 1 aromatic carbocycles. The third kappa shape index (κ3) is 3.97. The van der Waals surface area contributed by atoms with Gasteiger partial charge in [0.15, 0.2) is 0 Å². The topological polar surface area (TPSA) is 47.6 Å². The second kappa shape index (κ2) is 7.17. The molecule has 0 unspecified atom stereocenters. The summed E-state index contributed by atoms with van der Waals surface area (Å²) in [5.41, 5.74) is 0.783. The van der Waals surface area contributed by atoms with Gasteiger partial charge >= 0.3 is 0 Å². The first-order chi connectivity index (χ1) is 8.71. The molecule has 0 aromatic heterocycles. The highest BCUT2D eigenvalue weighted by Gasteiger charge is 2.02. The Kier molecular flexibility index (Phi) is 5.51. The normalized spacial score (nSPS) is 10.1. The summed E-state index contributed by atoms with van der Waals surface area (Å²) in [6, 6.07) is 5.39. The van der Waals surface area contributed by atoms with Crippen LogP contribution in [0.2, 0.25) is 0 Å². The van der Waals surface area contributed by atoms with E-state index in [1.54, 1.807) is 44.6 Å². The molecule has 0 bridgehead atoms. The van der Waals surface area contributed by atoms with Crippen LogP contribution < -0.4 is 14.8 Å². The molecule has 1 amide bonds. The maximum absolute atomic E-state index is 11.4. The molecule has 1 aromatic rings. The van der Waals surface area contributed by atoms with Crippen LogP contribution in [-0.4, -0.2) is 26.7 Å². The number of carbonyl (C=O) groups excluding carboxylic acids is 1. The first-order valence-electron chi connectivity index (χ1n) is 5.50. The van der Waals surface area contributed by atoms with Gasteiger partial charge in [-0.1, -0.05) is 6.08 Å². The van der Waals surface area contributed by atoms with Crippen LogP contribution in [0.4, 0.5) is 0 Å². The van der Waals surface area contributed by atoms with Crippen LogP contribution in [0.15, 0.2) is 36.9 Å². The molecule has 0 atom stereocenters.